The average molecular weight is 348 g/mol. The average Bonchev–Trinajstić information content (AvgIpc) is 2.48. The molecule has 0 saturated heterocycles. The highest BCUT2D eigenvalue weighted by molar-refractivity contribution is 9.10. The van der Waals surface area contributed by atoms with E-state index in [0.717, 1.165) is 21.3 Å². The molecule has 4 nitrogen and oxygen atoms in total. The van der Waals surface area contributed by atoms with Crippen LogP contribution in [0.3, 0.4) is 0 Å². The lowest BCUT2D eigenvalue weighted by atomic mass is 10.1. The second-order valence-corrected chi connectivity index (χ2v) is 5.88. The van der Waals surface area contributed by atoms with Crippen LogP contribution in [0.5, 0.6) is 0 Å². The Morgan fingerprint density at radius 1 is 1.24 bits per heavy atom. The van der Waals surface area contributed by atoms with E-state index in [1.807, 2.05) is 43.3 Å². The fourth-order valence-electron chi connectivity index (χ4n) is 2.11. The number of nitrogens with two attached hydrogens (primary N) is 1. The summed E-state index contributed by atoms with van der Waals surface area (Å²) in [5.74, 6) is 5.39. The van der Waals surface area contributed by atoms with Gasteiger partial charge in [-0.05, 0) is 48.4 Å². The number of aryl methyl sites for hydroxylation is 1. The highest BCUT2D eigenvalue weighted by Gasteiger charge is 2.13. The molecule has 3 N–H and O–H groups in total. The molecule has 0 atom stereocenters. The summed E-state index contributed by atoms with van der Waals surface area (Å²) < 4.78 is 1.03. The van der Waals surface area contributed by atoms with Gasteiger partial charge in [0.2, 0.25) is 0 Å². The minimum Gasteiger partial charge on any atom is -0.337 e. The van der Waals surface area contributed by atoms with E-state index < -0.39 is 0 Å². The lowest BCUT2D eigenvalue weighted by Gasteiger charge is -2.18. The molecule has 110 valence electrons. The van der Waals surface area contributed by atoms with E-state index in [1.165, 1.54) is 0 Å². The smallest absolute Gasteiger partial charge is 0.253 e. The molecular weight excluding hydrogens is 330 g/mol. The molecule has 2 aromatic rings. The van der Waals surface area contributed by atoms with Gasteiger partial charge in [0, 0.05) is 23.6 Å². The number of amides is 1. The largest absolute Gasteiger partial charge is 0.337 e. The zero-order valence-corrected chi connectivity index (χ0v) is 13.6. The van der Waals surface area contributed by atoms with Crippen molar-refractivity contribution in [2.24, 2.45) is 5.84 Å². The molecule has 2 rings (SSSR count). The summed E-state index contributed by atoms with van der Waals surface area (Å²) >= 11 is 3.40. The van der Waals surface area contributed by atoms with Crippen molar-refractivity contribution in [1.82, 2.24) is 4.90 Å². The van der Waals surface area contributed by atoms with Crippen LogP contribution in [0.1, 0.15) is 21.5 Å². The van der Waals surface area contributed by atoms with Crippen molar-refractivity contribution >= 4 is 27.5 Å². The quantitative estimate of drug-likeness (QED) is 0.658. The summed E-state index contributed by atoms with van der Waals surface area (Å²) in [5.41, 5.74) is 6.12. The topological polar surface area (TPSA) is 58.4 Å². The van der Waals surface area contributed by atoms with Crippen LogP contribution in [0.2, 0.25) is 0 Å². The third kappa shape index (κ3) is 3.83. The van der Waals surface area contributed by atoms with E-state index in [9.17, 15) is 4.79 Å². The third-order valence-electron chi connectivity index (χ3n) is 3.31. The van der Waals surface area contributed by atoms with Crippen molar-refractivity contribution in [3.05, 3.63) is 63.6 Å². The SMILES string of the molecule is Cc1cc(C(=O)N(C)Cc2ccc(Br)cc2)ccc1NN. The van der Waals surface area contributed by atoms with Crippen molar-refractivity contribution in [3.8, 4) is 0 Å². The van der Waals surface area contributed by atoms with Gasteiger partial charge in [-0.15, -0.1) is 0 Å². The Hall–Kier alpha value is -1.85. The predicted molar refractivity (Wildman–Crippen MR) is 88.9 cm³/mol. The van der Waals surface area contributed by atoms with Crippen molar-refractivity contribution in [2.75, 3.05) is 12.5 Å². The Balaban J connectivity index is 2.11. The Labute approximate surface area is 133 Å². The number of rotatable bonds is 4. The molecular formula is C16H18BrN3O. The number of benzene rings is 2. The highest BCUT2D eigenvalue weighted by atomic mass is 79.9. The molecule has 0 unspecified atom stereocenters. The molecule has 0 aliphatic carbocycles. The number of carbonyl (C=O) groups is 1. The van der Waals surface area contributed by atoms with Crippen LogP contribution in [0.25, 0.3) is 0 Å². The summed E-state index contributed by atoms with van der Waals surface area (Å²) in [6, 6.07) is 13.4. The first kappa shape index (κ1) is 15.5. The molecule has 0 radical (unpaired) electrons. The molecule has 1 amide bonds. The van der Waals surface area contributed by atoms with Gasteiger partial charge in [-0.1, -0.05) is 28.1 Å². The third-order valence-corrected chi connectivity index (χ3v) is 3.84. The standard InChI is InChI=1S/C16H18BrN3O/c1-11-9-13(5-8-15(11)19-18)16(21)20(2)10-12-3-6-14(17)7-4-12/h3-9,19H,10,18H2,1-2H3. The number of nitrogens with zero attached hydrogens (tertiary/aromatic N) is 1. The van der Waals surface area contributed by atoms with Gasteiger partial charge in [0.25, 0.3) is 5.91 Å². The maximum Gasteiger partial charge on any atom is 0.253 e. The Bertz CT molecular complexity index is 640. The number of hydrazine groups is 1. The van der Waals surface area contributed by atoms with Gasteiger partial charge in [-0.3, -0.25) is 10.6 Å². The van der Waals surface area contributed by atoms with E-state index >= 15 is 0 Å². The number of hydrogen-bond acceptors (Lipinski definition) is 3. The summed E-state index contributed by atoms with van der Waals surface area (Å²) in [6.07, 6.45) is 0. The molecule has 0 aliphatic heterocycles. The van der Waals surface area contributed by atoms with Crippen LogP contribution in [-0.4, -0.2) is 17.9 Å². The monoisotopic (exact) mass is 347 g/mol. The molecule has 0 aliphatic rings. The first-order valence-corrected chi connectivity index (χ1v) is 7.37. The van der Waals surface area contributed by atoms with E-state index in [2.05, 4.69) is 21.4 Å². The number of halogens is 1. The van der Waals surface area contributed by atoms with Gasteiger partial charge < -0.3 is 10.3 Å². The van der Waals surface area contributed by atoms with Crippen molar-refractivity contribution in [2.45, 2.75) is 13.5 Å². The van der Waals surface area contributed by atoms with Crippen LogP contribution in [0, 0.1) is 6.92 Å². The molecule has 0 spiro atoms. The molecule has 5 heteroatoms. The van der Waals surface area contributed by atoms with Crippen LogP contribution < -0.4 is 11.3 Å². The maximum atomic E-state index is 12.4. The first-order chi connectivity index (χ1) is 10.0. The zero-order chi connectivity index (χ0) is 15.4. The van der Waals surface area contributed by atoms with Crippen LogP contribution >= 0.6 is 15.9 Å². The second kappa shape index (κ2) is 6.74. The normalized spacial score (nSPS) is 10.3. The summed E-state index contributed by atoms with van der Waals surface area (Å²) in [5, 5.41) is 0. The molecule has 2 aromatic carbocycles. The number of carbonyl (C=O) groups excluding carboxylic acids is 1. The van der Waals surface area contributed by atoms with Gasteiger partial charge in [0.1, 0.15) is 0 Å². The predicted octanol–water partition coefficient (Wildman–Crippen LogP) is 3.32. The van der Waals surface area contributed by atoms with Gasteiger partial charge in [0.15, 0.2) is 0 Å². The highest BCUT2D eigenvalue weighted by Crippen LogP contribution is 2.17. The Morgan fingerprint density at radius 2 is 1.90 bits per heavy atom. The van der Waals surface area contributed by atoms with Crippen molar-refractivity contribution in [1.29, 1.82) is 0 Å². The molecule has 0 heterocycles. The minimum absolute atomic E-state index is 0.00964. The fraction of sp³-hybridized carbons (Fsp3) is 0.188. The summed E-state index contributed by atoms with van der Waals surface area (Å²) in [6.45, 7) is 2.49. The lowest BCUT2D eigenvalue weighted by Crippen LogP contribution is -2.26. The maximum absolute atomic E-state index is 12.4. The van der Waals surface area contributed by atoms with E-state index in [4.69, 9.17) is 5.84 Å². The van der Waals surface area contributed by atoms with Crippen LogP contribution in [-0.2, 0) is 6.54 Å². The molecule has 0 bridgehead atoms. The summed E-state index contributed by atoms with van der Waals surface area (Å²) in [7, 11) is 1.80. The van der Waals surface area contributed by atoms with Gasteiger partial charge in [-0.25, -0.2) is 0 Å². The first-order valence-electron chi connectivity index (χ1n) is 6.58. The van der Waals surface area contributed by atoms with Gasteiger partial charge in [0.05, 0.1) is 5.69 Å². The van der Waals surface area contributed by atoms with E-state index in [1.54, 1.807) is 18.0 Å². The molecule has 0 saturated carbocycles. The Morgan fingerprint density at radius 3 is 2.48 bits per heavy atom. The van der Waals surface area contributed by atoms with Gasteiger partial charge >= 0.3 is 0 Å². The summed E-state index contributed by atoms with van der Waals surface area (Å²) in [4.78, 5) is 14.1. The lowest BCUT2D eigenvalue weighted by molar-refractivity contribution is 0.0785. The number of anilines is 1. The van der Waals surface area contributed by atoms with Crippen LogP contribution in [0.4, 0.5) is 5.69 Å². The molecule has 0 fully saturated rings. The van der Waals surface area contributed by atoms with Crippen molar-refractivity contribution < 1.29 is 4.79 Å². The zero-order valence-electron chi connectivity index (χ0n) is 12.1. The fourth-order valence-corrected chi connectivity index (χ4v) is 2.38. The van der Waals surface area contributed by atoms with Gasteiger partial charge in [-0.2, -0.15) is 0 Å². The van der Waals surface area contributed by atoms with Crippen molar-refractivity contribution in [3.63, 3.8) is 0 Å². The molecule has 21 heavy (non-hydrogen) atoms. The molecule has 0 aromatic heterocycles. The van der Waals surface area contributed by atoms with E-state index in [-0.39, 0.29) is 5.91 Å². The Kier molecular flexibility index (Phi) is 4.98. The minimum atomic E-state index is -0.00964. The number of hydrogen-bond donors (Lipinski definition) is 2. The van der Waals surface area contributed by atoms with Crippen LogP contribution in [0.15, 0.2) is 46.9 Å². The van der Waals surface area contributed by atoms with E-state index in [0.29, 0.717) is 12.1 Å². The number of nitrogen functional groups attached to an aromatic ring is 1. The number of nitrogens with one attached hydrogen (secondary N) is 1. The second-order valence-electron chi connectivity index (χ2n) is 4.96.